The van der Waals surface area contributed by atoms with Gasteiger partial charge in [0.15, 0.2) is 5.76 Å². The molecule has 0 fully saturated rings. The Hall–Kier alpha value is -3.08. The minimum absolute atomic E-state index is 0.214. The van der Waals surface area contributed by atoms with Gasteiger partial charge in [0.25, 0.3) is 5.91 Å². The zero-order valence-corrected chi connectivity index (χ0v) is 16.6. The van der Waals surface area contributed by atoms with Crippen LogP contribution in [0, 0.1) is 17.8 Å². The number of hydrogen-bond acceptors (Lipinski definition) is 5. The number of carbonyl (C=O) groups is 1. The van der Waals surface area contributed by atoms with Gasteiger partial charge >= 0.3 is 0 Å². The molecule has 0 saturated carbocycles. The largest absolute Gasteiger partial charge is 0.359 e. The standard InChI is InChI=1S/C20H17ClN4O2S/c1-3-10-25(2)19(22)14-6-4-13(5-7-14)16-11-15(27-24-16)12-23-20(26)17-8-9-18(21)28-17/h1,4-9,11,22H,10,12H2,2H3,(H,23,26). The van der Waals surface area contributed by atoms with Crippen LogP contribution < -0.4 is 5.32 Å². The maximum absolute atomic E-state index is 12.1. The fourth-order valence-corrected chi connectivity index (χ4v) is 3.42. The Balaban J connectivity index is 1.63. The van der Waals surface area contributed by atoms with Gasteiger partial charge in [-0.15, -0.1) is 17.8 Å². The van der Waals surface area contributed by atoms with E-state index in [4.69, 9.17) is 28.0 Å². The maximum atomic E-state index is 12.1. The van der Waals surface area contributed by atoms with Gasteiger partial charge in [-0.1, -0.05) is 46.9 Å². The number of thiophene rings is 1. The van der Waals surface area contributed by atoms with Crippen molar-refractivity contribution in [1.29, 1.82) is 5.41 Å². The first kappa shape index (κ1) is 19.7. The first-order valence-electron chi connectivity index (χ1n) is 8.31. The van der Waals surface area contributed by atoms with Gasteiger partial charge in [-0.25, -0.2) is 0 Å². The Morgan fingerprint density at radius 2 is 2.11 bits per heavy atom. The Kier molecular flexibility index (Phi) is 6.14. The van der Waals surface area contributed by atoms with E-state index in [2.05, 4.69) is 16.4 Å². The van der Waals surface area contributed by atoms with Crippen LogP contribution in [-0.4, -0.2) is 35.4 Å². The summed E-state index contributed by atoms with van der Waals surface area (Å²) in [4.78, 5) is 14.3. The first-order valence-corrected chi connectivity index (χ1v) is 9.50. The Morgan fingerprint density at radius 1 is 1.36 bits per heavy atom. The number of amides is 1. The van der Waals surface area contributed by atoms with Gasteiger partial charge < -0.3 is 14.7 Å². The quantitative estimate of drug-likeness (QED) is 0.365. The molecule has 2 N–H and O–H groups in total. The van der Waals surface area contributed by atoms with Crippen LogP contribution in [-0.2, 0) is 6.54 Å². The van der Waals surface area contributed by atoms with Crippen LogP contribution in [0.25, 0.3) is 11.3 Å². The molecule has 0 aliphatic heterocycles. The SMILES string of the molecule is C#CCN(C)C(=N)c1ccc(-c2cc(CNC(=O)c3ccc(Cl)s3)on2)cc1. The van der Waals surface area contributed by atoms with Crippen molar-refractivity contribution in [2.24, 2.45) is 0 Å². The maximum Gasteiger partial charge on any atom is 0.261 e. The van der Waals surface area contributed by atoms with E-state index in [0.29, 0.717) is 33.0 Å². The van der Waals surface area contributed by atoms with E-state index in [9.17, 15) is 4.79 Å². The molecule has 0 saturated heterocycles. The number of rotatable bonds is 6. The number of halogens is 1. The smallest absolute Gasteiger partial charge is 0.261 e. The van der Waals surface area contributed by atoms with E-state index in [-0.39, 0.29) is 12.5 Å². The molecule has 0 aliphatic rings. The summed E-state index contributed by atoms with van der Waals surface area (Å²) in [5.41, 5.74) is 2.26. The molecule has 0 spiro atoms. The first-order chi connectivity index (χ1) is 13.5. The molecule has 0 atom stereocenters. The van der Waals surface area contributed by atoms with Crippen LogP contribution in [0.3, 0.4) is 0 Å². The lowest BCUT2D eigenvalue weighted by atomic mass is 10.1. The van der Waals surface area contributed by atoms with Crippen LogP contribution in [0.1, 0.15) is 21.0 Å². The predicted octanol–water partition coefficient (Wildman–Crippen LogP) is 3.88. The molecular formula is C20H17ClN4O2S. The van der Waals surface area contributed by atoms with Crippen LogP contribution in [0.4, 0.5) is 0 Å². The number of hydrogen-bond donors (Lipinski definition) is 2. The fourth-order valence-electron chi connectivity index (χ4n) is 2.46. The number of carbonyl (C=O) groups excluding carboxylic acids is 1. The summed E-state index contributed by atoms with van der Waals surface area (Å²) in [6.45, 7) is 0.595. The molecule has 28 heavy (non-hydrogen) atoms. The fraction of sp³-hybridized carbons (Fsp3) is 0.150. The lowest BCUT2D eigenvalue weighted by Gasteiger charge is -2.17. The van der Waals surface area contributed by atoms with Crippen molar-refractivity contribution in [3.05, 3.63) is 63.0 Å². The molecule has 1 aromatic carbocycles. The van der Waals surface area contributed by atoms with Crippen molar-refractivity contribution in [2.75, 3.05) is 13.6 Å². The van der Waals surface area contributed by atoms with Crippen molar-refractivity contribution in [3.8, 4) is 23.6 Å². The number of aromatic nitrogens is 1. The molecule has 6 nitrogen and oxygen atoms in total. The Labute approximate surface area is 171 Å². The van der Waals surface area contributed by atoms with Crippen molar-refractivity contribution >= 4 is 34.7 Å². The molecule has 0 unspecified atom stereocenters. The average Bonchev–Trinajstić information content (AvgIpc) is 3.35. The van der Waals surface area contributed by atoms with Gasteiger partial charge in [-0.2, -0.15) is 0 Å². The van der Waals surface area contributed by atoms with Crippen molar-refractivity contribution in [2.45, 2.75) is 6.54 Å². The summed E-state index contributed by atoms with van der Waals surface area (Å²) in [5, 5.41) is 15.0. The monoisotopic (exact) mass is 412 g/mol. The van der Waals surface area contributed by atoms with E-state index < -0.39 is 0 Å². The van der Waals surface area contributed by atoms with Crippen molar-refractivity contribution in [1.82, 2.24) is 15.4 Å². The summed E-state index contributed by atoms with van der Waals surface area (Å²) in [6.07, 6.45) is 5.29. The second kappa shape index (κ2) is 8.74. The predicted molar refractivity (Wildman–Crippen MR) is 111 cm³/mol. The second-order valence-electron chi connectivity index (χ2n) is 5.95. The number of nitrogens with zero attached hydrogens (tertiary/aromatic N) is 2. The number of amidine groups is 1. The number of terminal acetylenes is 1. The molecule has 3 aromatic rings. The van der Waals surface area contributed by atoms with Crippen molar-refractivity contribution < 1.29 is 9.32 Å². The van der Waals surface area contributed by atoms with Crippen LogP contribution in [0.15, 0.2) is 47.0 Å². The zero-order valence-electron chi connectivity index (χ0n) is 15.0. The summed E-state index contributed by atoms with van der Waals surface area (Å²) in [6, 6.07) is 12.5. The lowest BCUT2D eigenvalue weighted by molar-refractivity contribution is 0.0951. The van der Waals surface area contributed by atoms with Gasteiger partial charge in [0, 0.05) is 24.2 Å². The zero-order chi connectivity index (χ0) is 20.1. The minimum Gasteiger partial charge on any atom is -0.359 e. The van der Waals surface area contributed by atoms with Gasteiger partial charge in [0.2, 0.25) is 0 Å². The Morgan fingerprint density at radius 3 is 2.75 bits per heavy atom. The second-order valence-corrected chi connectivity index (χ2v) is 7.67. The third kappa shape index (κ3) is 4.60. The Bertz CT molecular complexity index is 1030. The minimum atomic E-state index is -0.214. The molecule has 142 valence electrons. The van der Waals surface area contributed by atoms with Gasteiger partial charge in [-0.3, -0.25) is 10.2 Å². The molecule has 0 bridgehead atoms. The third-order valence-electron chi connectivity index (χ3n) is 3.94. The van der Waals surface area contributed by atoms with Gasteiger partial charge in [-0.05, 0) is 12.1 Å². The van der Waals surface area contributed by atoms with Crippen LogP contribution in [0.5, 0.6) is 0 Å². The average molecular weight is 413 g/mol. The number of benzene rings is 1. The number of nitrogens with one attached hydrogen (secondary N) is 2. The molecule has 2 heterocycles. The highest BCUT2D eigenvalue weighted by molar-refractivity contribution is 7.17. The highest BCUT2D eigenvalue weighted by Gasteiger charge is 2.12. The van der Waals surface area contributed by atoms with E-state index >= 15 is 0 Å². The summed E-state index contributed by atoms with van der Waals surface area (Å²) < 4.78 is 5.86. The normalized spacial score (nSPS) is 10.3. The van der Waals surface area contributed by atoms with Crippen LogP contribution >= 0.6 is 22.9 Å². The molecule has 0 radical (unpaired) electrons. The highest BCUT2D eigenvalue weighted by atomic mass is 35.5. The van der Waals surface area contributed by atoms with E-state index in [1.165, 1.54) is 11.3 Å². The lowest BCUT2D eigenvalue weighted by Crippen LogP contribution is -2.26. The molecule has 8 heteroatoms. The van der Waals surface area contributed by atoms with E-state index in [1.54, 1.807) is 30.1 Å². The van der Waals surface area contributed by atoms with E-state index in [1.807, 2.05) is 24.3 Å². The third-order valence-corrected chi connectivity index (χ3v) is 5.17. The molecule has 2 aromatic heterocycles. The summed E-state index contributed by atoms with van der Waals surface area (Å²) >= 11 is 7.06. The summed E-state index contributed by atoms with van der Waals surface area (Å²) in [7, 11) is 1.78. The highest BCUT2D eigenvalue weighted by Crippen LogP contribution is 2.22. The molecule has 3 rings (SSSR count). The van der Waals surface area contributed by atoms with E-state index in [0.717, 1.165) is 11.1 Å². The van der Waals surface area contributed by atoms with Crippen LogP contribution in [0.2, 0.25) is 4.34 Å². The molecular weight excluding hydrogens is 396 g/mol. The topological polar surface area (TPSA) is 82.2 Å². The molecule has 0 aliphatic carbocycles. The molecule has 1 amide bonds. The summed E-state index contributed by atoms with van der Waals surface area (Å²) in [5.74, 6) is 3.19. The van der Waals surface area contributed by atoms with Gasteiger partial charge in [0.1, 0.15) is 11.5 Å². The van der Waals surface area contributed by atoms with Crippen molar-refractivity contribution in [3.63, 3.8) is 0 Å². The van der Waals surface area contributed by atoms with Gasteiger partial charge in [0.05, 0.1) is 22.3 Å².